The molecule has 1 N–H and O–H groups in total. The van der Waals surface area contributed by atoms with E-state index in [1.165, 1.54) is 0 Å². The van der Waals surface area contributed by atoms with Gasteiger partial charge in [-0.2, -0.15) is 5.10 Å². The molecule has 0 aromatic heterocycles. The molecular formula is C17H19N3O2. The van der Waals surface area contributed by atoms with Crippen molar-refractivity contribution in [3.63, 3.8) is 0 Å². The van der Waals surface area contributed by atoms with Crippen LogP contribution in [-0.2, 0) is 0 Å². The van der Waals surface area contributed by atoms with Crippen LogP contribution >= 0.6 is 0 Å². The van der Waals surface area contributed by atoms with E-state index in [2.05, 4.69) is 10.5 Å². The highest BCUT2D eigenvalue weighted by Crippen LogP contribution is 2.12. The fourth-order valence-corrected chi connectivity index (χ4v) is 1.86. The van der Waals surface area contributed by atoms with Crippen LogP contribution in [0.2, 0.25) is 0 Å². The summed E-state index contributed by atoms with van der Waals surface area (Å²) in [5.41, 5.74) is 4.96. The number of benzene rings is 2. The number of nitrogens with zero attached hydrogens (tertiary/aromatic N) is 2. The van der Waals surface area contributed by atoms with E-state index in [0.717, 1.165) is 17.0 Å². The minimum atomic E-state index is -0.246. The fourth-order valence-electron chi connectivity index (χ4n) is 1.86. The number of anilines is 1. The maximum Gasteiger partial charge on any atom is 0.271 e. The van der Waals surface area contributed by atoms with Crippen LogP contribution in [0, 0.1) is 0 Å². The molecule has 2 aromatic rings. The molecule has 0 aliphatic carbocycles. The van der Waals surface area contributed by atoms with Crippen molar-refractivity contribution in [2.24, 2.45) is 5.10 Å². The van der Waals surface area contributed by atoms with Gasteiger partial charge in [-0.05, 0) is 42.0 Å². The molecule has 0 atom stereocenters. The van der Waals surface area contributed by atoms with Crippen LogP contribution in [0.1, 0.15) is 15.9 Å². The summed E-state index contributed by atoms with van der Waals surface area (Å²) in [6.45, 7) is 0. The lowest BCUT2D eigenvalue weighted by Gasteiger charge is -2.12. The Morgan fingerprint density at radius 3 is 2.55 bits per heavy atom. The second-order valence-electron chi connectivity index (χ2n) is 4.92. The number of ether oxygens (including phenoxy) is 1. The van der Waals surface area contributed by atoms with Gasteiger partial charge in [-0.1, -0.05) is 12.1 Å². The number of nitrogens with one attached hydrogen (secondary N) is 1. The highest BCUT2D eigenvalue weighted by atomic mass is 16.5. The Kier molecular flexibility index (Phi) is 5.14. The first-order valence-corrected chi connectivity index (χ1v) is 6.85. The molecule has 0 aliphatic rings. The summed E-state index contributed by atoms with van der Waals surface area (Å²) in [4.78, 5) is 14.0. The third-order valence-corrected chi connectivity index (χ3v) is 3.12. The second kappa shape index (κ2) is 7.26. The van der Waals surface area contributed by atoms with Crippen LogP contribution in [0.4, 0.5) is 5.69 Å². The van der Waals surface area contributed by atoms with Crippen molar-refractivity contribution in [2.75, 3.05) is 26.1 Å². The highest BCUT2D eigenvalue weighted by molar-refractivity contribution is 5.95. The van der Waals surface area contributed by atoms with Crippen molar-refractivity contribution in [3.05, 3.63) is 59.7 Å². The van der Waals surface area contributed by atoms with Gasteiger partial charge >= 0.3 is 0 Å². The van der Waals surface area contributed by atoms with E-state index in [-0.39, 0.29) is 5.91 Å². The van der Waals surface area contributed by atoms with Crippen molar-refractivity contribution >= 4 is 17.8 Å². The number of carbonyl (C=O) groups is 1. The molecule has 5 heteroatoms. The van der Waals surface area contributed by atoms with Crippen LogP contribution in [0.25, 0.3) is 0 Å². The molecule has 0 heterocycles. The Bertz CT molecular complexity index is 664. The maximum atomic E-state index is 12.0. The Hall–Kier alpha value is -2.82. The topological polar surface area (TPSA) is 53.9 Å². The number of methoxy groups -OCH3 is 1. The molecule has 5 nitrogen and oxygen atoms in total. The molecule has 0 aliphatic heterocycles. The van der Waals surface area contributed by atoms with Gasteiger partial charge in [0.05, 0.1) is 13.3 Å². The molecule has 2 aromatic carbocycles. The van der Waals surface area contributed by atoms with E-state index in [0.29, 0.717) is 5.56 Å². The Balaban J connectivity index is 1.98. The third-order valence-electron chi connectivity index (χ3n) is 3.12. The van der Waals surface area contributed by atoms with Gasteiger partial charge in [-0.25, -0.2) is 5.43 Å². The molecule has 0 saturated heterocycles. The van der Waals surface area contributed by atoms with Crippen LogP contribution in [0.3, 0.4) is 0 Å². The van der Waals surface area contributed by atoms with Gasteiger partial charge in [0.15, 0.2) is 0 Å². The fraction of sp³-hybridized carbons (Fsp3) is 0.176. The summed E-state index contributed by atoms with van der Waals surface area (Å²) >= 11 is 0. The van der Waals surface area contributed by atoms with Crippen molar-refractivity contribution in [3.8, 4) is 5.75 Å². The number of amides is 1. The molecule has 0 radical (unpaired) electrons. The smallest absolute Gasteiger partial charge is 0.271 e. The molecular weight excluding hydrogens is 278 g/mol. The zero-order valence-electron chi connectivity index (χ0n) is 12.9. The minimum absolute atomic E-state index is 0.246. The summed E-state index contributed by atoms with van der Waals surface area (Å²) in [5.74, 6) is 0.499. The average Bonchev–Trinajstić information content (AvgIpc) is 2.55. The summed E-state index contributed by atoms with van der Waals surface area (Å²) in [6.07, 6.45) is 1.58. The van der Waals surface area contributed by atoms with Crippen LogP contribution < -0.4 is 15.1 Å². The monoisotopic (exact) mass is 297 g/mol. The predicted octanol–water partition coefficient (Wildman–Crippen LogP) is 2.53. The molecule has 0 saturated carbocycles. The lowest BCUT2D eigenvalue weighted by Crippen LogP contribution is -2.17. The molecule has 0 spiro atoms. The number of hydrogen-bond donors (Lipinski definition) is 1. The third kappa shape index (κ3) is 4.09. The summed E-state index contributed by atoms with van der Waals surface area (Å²) in [5, 5.41) is 3.96. The van der Waals surface area contributed by atoms with Crippen molar-refractivity contribution < 1.29 is 9.53 Å². The molecule has 0 fully saturated rings. The van der Waals surface area contributed by atoms with Crippen molar-refractivity contribution in [2.45, 2.75) is 0 Å². The first-order valence-electron chi connectivity index (χ1n) is 6.85. The van der Waals surface area contributed by atoms with Gasteiger partial charge in [-0.15, -0.1) is 0 Å². The largest absolute Gasteiger partial charge is 0.497 e. The van der Waals surface area contributed by atoms with E-state index in [4.69, 9.17) is 4.74 Å². The van der Waals surface area contributed by atoms with E-state index in [9.17, 15) is 4.79 Å². The van der Waals surface area contributed by atoms with E-state index in [1.54, 1.807) is 25.5 Å². The molecule has 22 heavy (non-hydrogen) atoms. The standard InChI is InChI=1S/C17H19N3O2/c1-20(2)15-9-7-14(8-10-15)17(21)19-18-12-13-5-4-6-16(11-13)22-3/h4-12H,1-3H3,(H,19,21)/b18-12+. The number of hydrazone groups is 1. The van der Waals surface area contributed by atoms with Gasteiger partial charge in [-0.3, -0.25) is 4.79 Å². The summed E-state index contributed by atoms with van der Waals surface area (Å²) in [6, 6.07) is 14.7. The Morgan fingerprint density at radius 2 is 1.91 bits per heavy atom. The van der Waals surface area contributed by atoms with Gasteiger partial charge in [0, 0.05) is 25.3 Å². The summed E-state index contributed by atoms with van der Waals surface area (Å²) in [7, 11) is 5.51. The Morgan fingerprint density at radius 1 is 1.18 bits per heavy atom. The highest BCUT2D eigenvalue weighted by Gasteiger charge is 2.04. The van der Waals surface area contributed by atoms with E-state index >= 15 is 0 Å². The zero-order valence-corrected chi connectivity index (χ0v) is 12.9. The van der Waals surface area contributed by atoms with Gasteiger partial charge in [0.2, 0.25) is 0 Å². The van der Waals surface area contributed by atoms with Crippen LogP contribution in [0.15, 0.2) is 53.6 Å². The van der Waals surface area contributed by atoms with Crippen molar-refractivity contribution in [1.82, 2.24) is 5.43 Å². The predicted molar refractivity (Wildman–Crippen MR) is 88.8 cm³/mol. The van der Waals surface area contributed by atoms with E-state index in [1.807, 2.05) is 55.4 Å². The Labute approximate surface area is 130 Å². The molecule has 0 bridgehead atoms. The number of carbonyl (C=O) groups excluding carboxylic acids is 1. The van der Waals surface area contributed by atoms with Crippen molar-refractivity contribution in [1.29, 1.82) is 0 Å². The average molecular weight is 297 g/mol. The molecule has 2 rings (SSSR count). The maximum absolute atomic E-state index is 12.0. The van der Waals surface area contributed by atoms with Crippen LogP contribution in [-0.4, -0.2) is 33.3 Å². The quantitative estimate of drug-likeness (QED) is 0.681. The minimum Gasteiger partial charge on any atom is -0.497 e. The SMILES string of the molecule is COc1cccc(/C=N/NC(=O)c2ccc(N(C)C)cc2)c1. The zero-order chi connectivity index (χ0) is 15.9. The molecule has 0 unspecified atom stereocenters. The van der Waals surface area contributed by atoms with Crippen LogP contribution in [0.5, 0.6) is 5.75 Å². The number of rotatable bonds is 5. The first kappa shape index (κ1) is 15.6. The normalized spacial score (nSPS) is 10.5. The lowest BCUT2D eigenvalue weighted by molar-refractivity contribution is 0.0955. The van der Waals surface area contributed by atoms with Gasteiger partial charge < -0.3 is 9.64 Å². The first-order chi connectivity index (χ1) is 10.6. The second-order valence-corrected chi connectivity index (χ2v) is 4.92. The number of hydrogen-bond acceptors (Lipinski definition) is 4. The summed E-state index contributed by atoms with van der Waals surface area (Å²) < 4.78 is 5.13. The molecule has 1 amide bonds. The lowest BCUT2D eigenvalue weighted by atomic mass is 10.2. The van der Waals surface area contributed by atoms with Gasteiger partial charge in [0.25, 0.3) is 5.91 Å². The van der Waals surface area contributed by atoms with Gasteiger partial charge in [0.1, 0.15) is 5.75 Å². The van der Waals surface area contributed by atoms with E-state index < -0.39 is 0 Å². The molecule has 114 valence electrons.